The number of allylic oxidation sites excluding steroid dienone is 2. The molecule has 0 spiro atoms. The van der Waals surface area contributed by atoms with Crippen molar-refractivity contribution in [1.82, 2.24) is 0 Å². The van der Waals surface area contributed by atoms with E-state index in [0.717, 1.165) is 26.1 Å². The molecule has 0 aliphatic rings. The van der Waals surface area contributed by atoms with E-state index in [4.69, 9.17) is 4.74 Å². The van der Waals surface area contributed by atoms with E-state index >= 15 is 0 Å². The highest BCUT2D eigenvalue weighted by molar-refractivity contribution is 4.82. The van der Waals surface area contributed by atoms with Crippen LogP contribution in [-0.2, 0) is 4.74 Å². The minimum atomic E-state index is 0.755. The Morgan fingerprint density at radius 2 is 2.09 bits per heavy atom. The molecule has 0 fully saturated rings. The fourth-order valence-corrected chi connectivity index (χ4v) is 0.752. The monoisotopic (exact) mass is 154 g/mol. The van der Waals surface area contributed by atoms with E-state index in [1.165, 1.54) is 6.42 Å². The Morgan fingerprint density at radius 3 is 2.73 bits per heavy atom. The first-order valence-corrected chi connectivity index (χ1v) is 4.25. The molecule has 0 heterocycles. The van der Waals surface area contributed by atoms with Gasteiger partial charge in [-0.1, -0.05) is 18.2 Å². The topological polar surface area (TPSA) is 9.23 Å². The molecule has 0 aromatic carbocycles. The van der Waals surface area contributed by atoms with Crippen LogP contribution in [0, 0.1) is 0 Å². The number of ether oxygens (including phenoxy) is 1. The summed E-state index contributed by atoms with van der Waals surface area (Å²) in [4.78, 5) is 0. The third-order valence-electron chi connectivity index (χ3n) is 1.36. The van der Waals surface area contributed by atoms with Crippen LogP contribution in [0.3, 0.4) is 0 Å². The van der Waals surface area contributed by atoms with Crippen molar-refractivity contribution in [2.75, 3.05) is 13.2 Å². The molecule has 0 aromatic rings. The summed E-state index contributed by atoms with van der Waals surface area (Å²) >= 11 is 0. The molecule has 0 aliphatic heterocycles. The van der Waals surface area contributed by atoms with Gasteiger partial charge in [0, 0.05) is 6.61 Å². The number of hydrogen-bond donors (Lipinski definition) is 0. The van der Waals surface area contributed by atoms with E-state index in [9.17, 15) is 0 Å². The van der Waals surface area contributed by atoms with Gasteiger partial charge in [-0.2, -0.15) is 0 Å². The average Bonchev–Trinajstić information content (AvgIpc) is 2.03. The third kappa shape index (κ3) is 9.44. The van der Waals surface area contributed by atoms with Crippen molar-refractivity contribution in [2.24, 2.45) is 0 Å². The van der Waals surface area contributed by atoms with Gasteiger partial charge >= 0.3 is 0 Å². The van der Waals surface area contributed by atoms with Crippen LogP contribution in [-0.4, -0.2) is 13.2 Å². The summed E-state index contributed by atoms with van der Waals surface area (Å²) in [6.07, 6.45) is 9.65. The summed E-state index contributed by atoms with van der Waals surface area (Å²) < 4.78 is 5.13. The normalized spacial score (nSPS) is 10.6. The lowest BCUT2D eigenvalue weighted by Gasteiger charge is -1.92. The van der Waals surface area contributed by atoms with Crippen molar-refractivity contribution in [2.45, 2.75) is 26.2 Å². The maximum absolute atomic E-state index is 5.13. The molecule has 0 unspecified atom stereocenters. The van der Waals surface area contributed by atoms with Crippen LogP contribution < -0.4 is 0 Å². The summed E-state index contributed by atoms with van der Waals surface area (Å²) in [7, 11) is 0. The fourth-order valence-electron chi connectivity index (χ4n) is 0.752. The first kappa shape index (κ1) is 10.4. The summed E-state index contributed by atoms with van der Waals surface area (Å²) in [5.74, 6) is 0. The highest BCUT2D eigenvalue weighted by Gasteiger charge is 1.79. The Labute approximate surface area is 69.8 Å². The second-order valence-electron chi connectivity index (χ2n) is 2.35. The van der Waals surface area contributed by atoms with Gasteiger partial charge in [0.05, 0.1) is 6.61 Å². The molecule has 0 saturated carbocycles. The van der Waals surface area contributed by atoms with Gasteiger partial charge in [-0.05, 0) is 26.2 Å². The molecule has 1 heteroatoms. The van der Waals surface area contributed by atoms with Gasteiger partial charge in [0.15, 0.2) is 0 Å². The summed E-state index contributed by atoms with van der Waals surface area (Å²) in [6.45, 7) is 7.22. The summed E-state index contributed by atoms with van der Waals surface area (Å²) in [6, 6.07) is 0. The molecule has 0 aromatic heterocycles. The lowest BCUT2D eigenvalue weighted by atomic mass is 10.2. The van der Waals surface area contributed by atoms with Crippen LogP contribution in [0.4, 0.5) is 0 Å². The standard InChI is InChI=1S/C10H18O/c1-3-5-6-7-8-9-10-11-4-2/h3,8-9H,1,4-7,10H2,2H3/b9-8+. The van der Waals surface area contributed by atoms with E-state index in [0.29, 0.717) is 0 Å². The molecule has 11 heavy (non-hydrogen) atoms. The number of unbranched alkanes of at least 4 members (excludes halogenated alkanes) is 2. The molecular formula is C10H18O. The van der Waals surface area contributed by atoms with Gasteiger partial charge < -0.3 is 4.74 Å². The Morgan fingerprint density at radius 1 is 1.27 bits per heavy atom. The van der Waals surface area contributed by atoms with Crippen LogP contribution in [0.1, 0.15) is 26.2 Å². The van der Waals surface area contributed by atoms with E-state index in [2.05, 4.69) is 18.7 Å². The second kappa shape index (κ2) is 9.44. The van der Waals surface area contributed by atoms with Crippen molar-refractivity contribution in [3.63, 3.8) is 0 Å². The minimum absolute atomic E-state index is 0.755. The predicted molar refractivity (Wildman–Crippen MR) is 49.7 cm³/mol. The number of rotatable bonds is 7. The van der Waals surface area contributed by atoms with E-state index < -0.39 is 0 Å². The summed E-state index contributed by atoms with van der Waals surface area (Å²) in [5.41, 5.74) is 0. The van der Waals surface area contributed by atoms with Gasteiger partial charge in [0.1, 0.15) is 0 Å². The van der Waals surface area contributed by atoms with Gasteiger partial charge in [-0.3, -0.25) is 0 Å². The highest BCUT2D eigenvalue weighted by atomic mass is 16.5. The molecule has 64 valence electrons. The lowest BCUT2D eigenvalue weighted by molar-refractivity contribution is 0.177. The zero-order valence-electron chi connectivity index (χ0n) is 7.38. The molecule has 1 nitrogen and oxygen atoms in total. The zero-order chi connectivity index (χ0) is 8.36. The van der Waals surface area contributed by atoms with Gasteiger partial charge in [0.2, 0.25) is 0 Å². The average molecular weight is 154 g/mol. The van der Waals surface area contributed by atoms with Crippen molar-refractivity contribution >= 4 is 0 Å². The maximum atomic E-state index is 5.13. The van der Waals surface area contributed by atoms with Crippen LogP contribution in [0.25, 0.3) is 0 Å². The molecule has 0 atom stereocenters. The largest absolute Gasteiger partial charge is 0.378 e. The maximum Gasteiger partial charge on any atom is 0.0647 e. The highest BCUT2D eigenvalue weighted by Crippen LogP contribution is 1.96. The smallest absolute Gasteiger partial charge is 0.0647 e. The lowest BCUT2D eigenvalue weighted by Crippen LogP contribution is -1.87. The summed E-state index contributed by atoms with van der Waals surface area (Å²) in [5, 5.41) is 0. The Kier molecular flexibility index (Phi) is 8.96. The van der Waals surface area contributed by atoms with Crippen LogP contribution in [0.2, 0.25) is 0 Å². The van der Waals surface area contributed by atoms with Crippen molar-refractivity contribution in [3.05, 3.63) is 24.8 Å². The molecule has 0 radical (unpaired) electrons. The Bertz CT molecular complexity index is 105. The molecule has 0 rings (SSSR count). The molecule has 0 saturated heterocycles. The van der Waals surface area contributed by atoms with Crippen LogP contribution in [0.5, 0.6) is 0 Å². The fraction of sp³-hybridized carbons (Fsp3) is 0.600. The predicted octanol–water partition coefficient (Wildman–Crippen LogP) is 2.94. The van der Waals surface area contributed by atoms with Gasteiger partial charge in [-0.15, -0.1) is 6.58 Å². The molecular weight excluding hydrogens is 136 g/mol. The molecule has 0 aliphatic carbocycles. The van der Waals surface area contributed by atoms with E-state index in [-0.39, 0.29) is 0 Å². The van der Waals surface area contributed by atoms with Crippen LogP contribution in [0.15, 0.2) is 24.8 Å². The first-order chi connectivity index (χ1) is 5.41. The van der Waals surface area contributed by atoms with E-state index in [1.807, 2.05) is 13.0 Å². The number of hydrogen-bond acceptors (Lipinski definition) is 1. The molecule has 0 amide bonds. The SMILES string of the molecule is C=CCCC/C=C/COCC. The zero-order valence-corrected chi connectivity index (χ0v) is 7.38. The quantitative estimate of drug-likeness (QED) is 0.404. The van der Waals surface area contributed by atoms with Gasteiger partial charge in [-0.25, -0.2) is 0 Å². The molecule has 0 N–H and O–H groups in total. The van der Waals surface area contributed by atoms with E-state index in [1.54, 1.807) is 0 Å². The van der Waals surface area contributed by atoms with Crippen molar-refractivity contribution in [3.8, 4) is 0 Å². The Hall–Kier alpha value is -0.560. The second-order valence-corrected chi connectivity index (χ2v) is 2.35. The third-order valence-corrected chi connectivity index (χ3v) is 1.36. The first-order valence-electron chi connectivity index (χ1n) is 4.25. The minimum Gasteiger partial charge on any atom is -0.378 e. The Balaban J connectivity index is 2.97. The molecule has 0 bridgehead atoms. The van der Waals surface area contributed by atoms with Crippen molar-refractivity contribution < 1.29 is 4.74 Å². The van der Waals surface area contributed by atoms with Gasteiger partial charge in [0.25, 0.3) is 0 Å². The van der Waals surface area contributed by atoms with Crippen molar-refractivity contribution in [1.29, 1.82) is 0 Å². The van der Waals surface area contributed by atoms with Crippen LogP contribution >= 0.6 is 0 Å².